The average Bonchev–Trinajstić information content (AvgIpc) is 2.78. The van der Waals surface area contributed by atoms with Crippen molar-refractivity contribution in [2.45, 2.75) is 11.8 Å². The second kappa shape index (κ2) is 5.01. The van der Waals surface area contributed by atoms with E-state index in [-0.39, 0.29) is 0 Å². The number of fused-ring (bicyclic) bond motifs is 1. The van der Waals surface area contributed by atoms with Gasteiger partial charge < -0.3 is 0 Å². The highest BCUT2D eigenvalue weighted by Crippen LogP contribution is 2.25. The summed E-state index contributed by atoms with van der Waals surface area (Å²) in [5.74, 6) is 0. The van der Waals surface area contributed by atoms with Gasteiger partial charge in [-0.3, -0.25) is 0 Å². The minimum atomic E-state index is -1.29. The summed E-state index contributed by atoms with van der Waals surface area (Å²) in [6.45, 7) is 1.93. The van der Waals surface area contributed by atoms with E-state index in [1.54, 1.807) is 3.97 Å². The van der Waals surface area contributed by atoms with Crippen LogP contribution in [0.15, 0.2) is 47.8 Å². The normalized spacial score (nSPS) is 12.7. The van der Waals surface area contributed by atoms with Gasteiger partial charge in [0.25, 0.3) is 0 Å². The van der Waals surface area contributed by atoms with Gasteiger partial charge >= 0.3 is 0 Å². The lowest BCUT2D eigenvalue weighted by molar-refractivity contribution is 0.678. The van der Waals surface area contributed by atoms with Gasteiger partial charge in [0.1, 0.15) is 6.33 Å². The highest BCUT2D eigenvalue weighted by molar-refractivity contribution is 14.1. The monoisotopic (exact) mass is 383 g/mol. The molecule has 0 aliphatic heterocycles. The van der Waals surface area contributed by atoms with Crippen LogP contribution in [0.2, 0.25) is 0 Å². The van der Waals surface area contributed by atoms with Crippen LogP contribution in [0.5, 0.6) is 0 Å². The highest BCUT2D eigenvalue weighted by Gasteiger charge is 2.15. The van der Waals surface area contributed by atoms with Crippen molar-refractivity contribution in [2.24, 2.45) is 0 Å². The third-order valence-electron chi connectivity index (χ3n) is 2.82. The first-order chi connectivity index (χ1) is 9.18. The zero-order chi connectivity index (χ0) is 13.4. The molecule has 19 heavy (non-hydrogen) atoms. The number of rotatable bonds is 2. The van der Waals surface area contributed by atoms with Crippen molar-refractivity contribution in [3.8, 4) is 0 Å². The minimum Gasteiger partial charge on any atom is -0.245 e. The summed E-state index contributed by atoms with van der Waals surface area (Å²) < 4.78 is 15.3. The Morgan fingerprint density at radius 3 is 2.68 bits per heavy atom. The number of hydrogen-bond donors (Lipinski definition) is 0. The number of hydrogen-bond acceptors (Lipinski definition) is 3. The van der Waals surface area contributed by atoms with Crippen molar-refractivity contribution in [2.75, 3.05) is 0 Å². The maximum atomic E-state index is 12.6. The first-order valence-electron chi connectivity index (χ1n) is 5.64. The molecule has 3 aromatic rings. The molecule has 1 unspecified atom stereocenters. The van der Waals surface area contributed by atoms with Crippen LogP contribution in [0.3, 0.4) is 0 Å². The Morgan fingerprint density at radius 2 is 1.95 bits per heavy atom. The number of halogens is 1. The van der Waals surface area contributed by atoms with Crippen molar-refractivity contribution in [1.29, 1.82) is 0 Å². The zero-order valence-corrected chi connectivity index (χ0v) is 13.1. The van der Waals surface area contributed by atoms with Crippen LogP contribution in [0, 0.1) is 10.5 Å². The molecule has 0 saturated heterocycles. The standard InChI is InChI=1S/C13H10IN3OS/c1-9-12-11(14)7-17(13(12)16-8-15-9)19(18)10-5-3-2-4-6-10/h2-8H,1H3. The smallest absolute Gasteiger partial charge is 0.158 e. The van der Waals surface area contributed by atoms with Crippen LogP contribution in [-0.4, -0.2) is 18.1 Å². The van der Waals surface area contributed by atoms with Crippen LogP contribution >= 0.6 is 22.6 Å². The quantitative estimate of drug-likeness (QED) is 0.640. The second-order valence-corrected chi connectivity index (χ2v) is 6.55. The lowest BCUT2D eigenvalue weighted by Gasteiger charge is -2.04. The Balaban J connectivity index is 2.22. The van der Waals surface area contributed by atoms with Crippen LogP contribution in [0.4, 0.5) is 0 Å². The van der Waals surface area contributed by atoms with E-state index in [0.29, 0.717) is 5.65 Å². The lowest BCUT2D eigenvalue weighted by Crippen LogP contribution is -2.04. The third kappa shape index (κ3) is 2.18. The van der Waals surface area contributed by atoms with E-state index in [1.807, 2.05) is 43.5 Å². The number of aryl methyl sites for hydroxylation is 1. The molecule has 0 aliphatic carbocycles. The largest absolute Gasteiger partial charge is 0.245 e. The average molecular weight is 383 g/mol. The van der Waals surface area contributed by atoms with Gasteiger partial charge in [-0.1, -0.05) is 18.2 Å². The van der Waals surface area contributed by atoms with Gasteiger partial charge in [0.2, 0.25) is 0 Å². The molecule has 0 amide bonds. The summed E-state index contributed by atoms with van der Waals surface area (Å²) in [7, 11) is -1.29. The Kier molecular flexibility index (Phi) is 3.36. The number of nitrogens with zero attached hydrogens (tertiary/aromatic N) is 3. The molecule has 1 atom stereocenters. The molecule has 0 saturated carbocycles. The maximum absolute atomic E-state index is 12.6. The van der Waals surface area contributed by atoms with Crippen molar-refractivity contribution >= 4 is 44.6 Å². The molecule has 2 aromatic heterocycles. The van der Waals surface area contributed by atoms with Crippen molar-refractivity contribution in [3.63, 3.8) is 0 Å². The lowest BCUT2D eigenvalue weighted by atomic mass is 10.3. The molecular formula is C13H10IN3OS. The van der Waals surface area contributed by atoms with Gasteiger partial charge in [-0.15, -0.1) is 0 Å². The van der Waals surface area contributed by atoms with Crippen LogP contribution in [0.1, 0.15) is 5.69 Å². The summed E-state index contributed by atoms with van der Waals surface area (Å²) in [6.07, 6.45) is 3.36. The van der Waals surface area contributed by atoms with Crippen LogP contribution < -0.4 is 0 Å². The van der Waals surface area contributed by atoms with Crippen LogP contribution in [0.25, 0.3) is 11.0 Å². The van der Waals surface area contributed by atoms with Gasteiger partial charge in [-0.05, 0) is 41.6 Å². The molecule has 0 fully saturated rings. The molecule has 0 aliphatic rings. The number of benzene rings is 1. The topological polar surface area (TPSA) is 47.8 Å². The SMILES string of the molecule is Cc1ncnc2c1c(I)cn2S(=O)c1ccccc1. The fourth-order valence-corrected chi connectivity index (χ4v) is 4.13. The van der Waals surface area contributed by atoms with E-state index in [4.69, 9.17) is 0 Å². The Morgan fingerprint density at radius 1 is 1.21 bits per heavy atom. The molecule has 6 heteroatoms. The summed E-state index contributed by atoms with van der Waals surface area (Å²) in [5, 5.41) is 0.965. The fraction of sp³-hybridized carbons (Fsp3) is 0.0769. The zero-order valence-electron chi connectivity index (χ0n) is 10.1. The predicted molar refractivity (Wildman–Crippen MR) is 83.2 cm³/mol. The first-order valence-corrected chi connectivity index (χ1v) is 7.82. The second-order valence-electron chi connectivity index (χ2n) is 4.02. The Labute approximate surface area is 126 Å². The molecule has 1 aromatic carbocycles. The molecule has 96 valence electrons. The predicted octanol–water partition coefficient (Wildman–Crippen LogP) is 2.92. The van der Waals surface area contributed by atoms with Crippen molar-refractivity contribution < 1.29 is 4.21 Å². The maximum Gasteiger partial charge on any atom is 0.158 e. The van der Waals surface area contributed by atoms with E-state index in [1.165, 1.54) is 6.33 Å². The molecule has 4 nitrogen and oxygen atoms in total. The van der Waals surface area contributed by atoms with Gasteiger partial charge in [-0.25, -0.2) is 18.1 Å². The van der Waals surface area contributed by atoms with E-state index < -0.39 is 11.0 Å². The van der Waals surface area contributed by atoms with Gasteiger partial charge in [0, 0.05) is 9.77 Å². The molecular weight excluding hydrogens is 373 g/mol. The van der Waals surface area contributed by atoms with Crippen molar-refractivity contribution in [1.82, 2.24) is 13.9 Å². The fourth-order valence-electron chi connectivity index (χ4n) is 1.91. The number of aromatic nitrogens is 3. The molecule has 0 N–H and O–H groups in total. The molecule has 2 heterocycles. The summed E-state index contributed by atoms with van der Waals surface area (Å²) in [6, 6.07) is 9.37. The summed E-state index contributed by atoms with van der Waals surface area (Å²) >= 11 is 2.22. The highest BCUT2D eigenvalue weighted by atomic mass is 127. The Bertz CT molecular complexity index is 770. The Hall–Kier alpha value is -1.28. The van der Waals surface area contributed by atoms with Crippen LogP contribution in [-0.2, 0) is 11.0 Å². The van der Waals surface area contributed by atoms with E-state index in [0.717, 1.165) is 19.5 Å². The molecule has 3 rings (SSSR count). The van der Waals surface area contributed by atoms with E-state index in [9.17, 15) is 4.21 Å². The minimum absolute atomic E-state index is 0.707. The molecule has 0 spiro atoms. The molecule has 0 bridgehead atoms. The van der Waals surface area contributed by atoms with E-state index >= 15 is 0 Å². The van der Waals surface area contributed by atoms with E-state index in [2.05, 4.69) is 32.6 Å². The first kappa shape index (κ1) is 12.7. The van der Waals surface area contributed by atoms with Gasteiger partial charge in [0.05, 0.1) is 16.0 Å². The summed E-state index contributed by atoms with van der Waals surface area (Å²) in [5.41, 5.74) is 1.61. The van der Waals surface area contributed by atoms with Gasteiger partial charge in [0.15, 0.2) is 16.6 Å². The third-order valence-corrected chi connectivity index (χ3v) is 4.95. The van der Waals surface area contributed by atoms with Gasteiger partial charge in [-0.2, -0.15) is 0 Å². The summed E-state index contributed by atoms with van der Waals surface area (Å²) in [4.78, 5) is 9.21. The molecule has 0 radical (unpaired) electrons. The van der Waals surface area contributed by atoms with Crippen molar-refractivity contribution in [3.05, 3.63) is 52.1 Å².